The molecule has 0 atom stereocenters. The van der Waals surface area contributed by atoms with Crippen molar-refractivity contribution in [3.8, 4) is 0 Å². The lowest BCUT2D eigenvalue weighted by Gasteiger charge is -2.10. The number of carbonyl (C=O) groups excluding carboxylic acids is 1. The van der Waals surface area contributed by atoms with E-state index < -0.39 is 0 Å². The molecule has 0 bridgehead atoms. The van der Waals surface area contributed by atoms with Crippen molar-refractivity contribution in [1.29, 1.82) is 0 Å². The quantitative estimate of drug-likeness (QED) is 0.524. The second-order valence-electron chi connectivity index (χ2n) is 5.17. The normalized spacial score (nSPS) is 15.7. The lowest BCUT2D eigenvalue weighted by atomic mass is 10.0. The van der Waals surface area contributed by atoms with Crippen LogP contribution in [-0.2, 0) is 0 Å². The van der Waals surface area contributed by atoms with Gasteiger partial charge in [-0.15, -0.1) is 0 Å². The van der Waals surface area contributed by atoms with Crippen LogP contribution in [0.15, 0.2) is 22.7 Å². The third-order valence-corrected chi connectivity index (χ3v) is 5.08. The van der Waals surface area contributed by atoms with E-state index in [0.29, 0.717) is 0 Å². The summed E-state index contributed by atoms with van der Waals surface area (Å²) in [5, 5.41) is 3.02. The molecule has 2 nitrogen and oxygen atoms in total. The van der Waals surface area contributed by atoms with Crippen LogP contribution in [0.3, 0.4) is 0 Å². The second-order valence-corrected chi connectivity index (χ2v) is 7.27. The Kier molecular flexibility index (Phi) is 6.13. The molecule has 1 aliphatic carbocycles. The van der Waals surface area contributed by atoms with Crippen LogP contribution >= 0.6 is 38.5 Å². The van der Waals surface area contributed by atoms with Crippen molar-refractivity contribution in [3.05, 3.63) is 31.8 Å². The van der Waals surface area contributed by atoms with Crippen molar-refractivity contribution in [2.45, 2.75) is 38.5 Å². The topological polar surface area (TPSA) is 29.1 Å². The highest BCUT2D eigenvalue weighted by atomic mass is 127. The molecular formula is C15H19BrINO. The van der Waals surface area contributed by atoms with E-state index in [1.807, 2.05) is 18.2 Å². The van der Waals surface area contributed by atoms with Crippen LogP contribution in [0.4, 0.5) is 0 Å². The molecule has 2 rings (SSSR count). The first-order valence-corrected chi connectivity index (χ1v) is 8.77. The van der Waals surface area contributed by atoms with E-state index in [9.17, 15) is 4.79 Å². The van der Waals surface area contributed by atoms with E-state index >= 15 is 0 Å². The maximum absolute atomic E-state index is 12.1. The van der Waals surface area contributed by atoms with Gasteiger partial charge in [-0.2, -0.15) is 0 Å². The predicted octanol–water partition coefficient (Wildman–Crippen LogP) is 4.75. The third kappa shape index (κ3) is 4.74. The number of halogens is 2. The SMILES string of the molecule is O=C(NCCCC1CCCC1)c1cc(I)ccc1Br. The zero-order chi connectivity index (χ0) is 13.7. The molecule has 0 saturated heterocycles. The fraction of sp³-hybridized carbons (Fsp3) is 0.533. The molecule has 19 heavy (non-hydrogen) atoms. The number of hydrogen-bond acceptors (Lipinski definition) is 1. The summed E-state index contributed by atoms with van der Waals surface area (Å²) in [5.41, 5.74) is 0.729. The van der Waals surface area contributed by atoms with Crippen LogP contribution in [-0.4, -0.2) is 12.5 Å². The number of rotatable bonds is 5. The Hall–Kier alpha value is -0.100. The van der Waals surface area contributed by atoms with E-state index in [1.165, 1.54) is 32.1 Å². The second kappa shape index (κ2) is 7.62. The third-order valence-electron chi connectivity index (χ3n) is 3.72. The van der Waals surface area contributed by atoms with Gasteiger partial charge in [-0.05, 0) is 75.5 Å². The van der Waals surface area contributed by atoms with E-state index in [4.69, 9.17) is 0 Å². The monoisotopic (exact) mass is 435 g/mol. The smallest absolute Gasteiger partial charge is 0.252 e. The van der Waals surface area contributed by atoms with E-state index in [-0.39, 0.29) is 5.91 Å². The Balaban J connectivity index is 1.75. The maximum Gasteiger partial charge on any atom is 0.252 e. The van der Waals surface area contributed by atoms with Gasteiger partial charge in [0.2, 0.25) is 0 Å². The van der Waals surface area contributed by atoms with Gasteiger partial charge < -0.3 is 5.32 Å². The number of carbonyl (C=O) groups is 1. The number of benzene rings is 1. The molecule has 1 fully saturated rings. The maximum atomic E-state index is 12.1. The average molecular weight is 436 g/mol. The Morgan fingerprint density at radius 1 is 1.37 bits per heavy atom. The molecule has 1 aliphatic rings. The van der Waals surface area contributed by atoms with Gasteiger partial charge in [0.25, 0.3) is 5.91 Å². The molecule has 0 radical (unpaired) electrons. The van der Waals surface area contributed by atoms with Crippen molar-refractivity contribution < 1.29 is 4.79 Å². The molecule has 0 heterocycles. The van der Waals surface area contributed by atoms with E-state index in [2.05, 4.69) is 43.8 Å². The van der Waals surface area contributed by atoms with Gasteiger partial charge in [0.1, 0.15) is 0 Å². The van der Waals surface area contributed by atoms with Crippen molar-refractivity contribution in [2.75, 3.05) is 6.54 Å². The highest BCUT2D eigenvalue weighted by Crippen LogP contribution is 2.28. The largest absolute Gasteiger partial charge is 0.352 e. The number of nitrogens with one attached hydrogen (secondary N) is 1. The van der Waals surface area contributed by atoms with Crippen LogP contribution in [0.1, 0.15) is 48.9 Å². The summed E-state index contributed by atoms with van der Waals surface area (Å²) >= 11 is 5.65. The van der Waals surface area contributed by atoms with Crippen molar-refractivity contribution >= 4 is 44.4 Å². The summed E-state index contributed by atoms with van der Waals surface area (Å²) in [4.78, 5) is 12.1. The fourth-order valence-electron chi connectivity index (χ4n) is 2.66. The van der Waals surface area contributed by atoms with E-state index in [1.54, 1.807) is 0 Å². The van der Waals surface area contributed by atoms with Gasteiger partial charge in [0.15, 0.2) is 0 Å². The highest BCUT2D eigenvalue weighted by molar-refractivity contribution is 14.1. The van der Waals surface area contributed by atoms with Gasteiger partial charge in [0.05, 0.1) is 5.56 Å². The van der Waals surface area contributed by atoms with Gasteiger partial charge in [-0.1, -0.05) is 25.7 Å². The molecule has 0 spiro atoms. The summed E-state index contributed by atoms with van der Waals surface area (Å²) in [5.74, 6) is 0.929. The number of hydrogen-bond donors (Lipinski definition) is 1. The van der Waals surface area contributed by atoms with Crippen LogP contribution in [0.25, 0.3) is 0 Å². The molecular weight excluding hydrogens is 417 g/mol. The standard InChI is InChI=1S/C15H19BrINO/c16-14-8-7-12(17)10-13(14)15(19)18-9-3-6-11-4-1-2-5-11/h7-8,10-11H,1-6,9H2,(H,18,19). The molecule has 4 heteroatoms. The summed E-state index contributed by atoms with van der Waals surface area (Å²) < 4.78 is 1.94. The minimum atomic E-state index is 0.0248. The molecule has 104 valence electrons. The fourth-order valence-corrected chi connectivity index (χ4v) is 3.58. The van der Waals surface area contributed by atoms with Crippen molar-refractivity contribution in [2.24, 2.45) is 5.92 Å². The van der Waals surface area contributed by atoms with Crippen LogP contribution < -0.4 is 5.32 Å². The predicted molar refractivity (Wildman–Crippen MR) is 90.4 cm³/mol. The van der Waals surface area contributed by atoms with Crippen LogP contribution in [0.5, 0.6) is 0 Å². The minimum absolute atomic E-state index is 0.0248. The van der Waals surface area contributed by atoms with E-state index in [0.717, 1.165) is 32.5 Å². The van der Waals surface area contributed by atoms with Gasteiger partial charge in [0, 0.05) is 14.6 Å². The molecule has 1 N–H and O–H groups in total. The first kappa shape index (κ1) is 15.3. The Morgan fingerprint density at radius 3 is 2.84 bits per heavy atom. The number of amides is 1. The first-order chi connectivity index (χ1) is 9.16. The summed E-state index contributed by atoms with van der Waals surface area (Å²) in [6.07, 6.45) is 7.91. The van der Waals surface area contributed by atoms with Gasteiger partial charge in [-0.25, -0.2) is 0 Å². The van der Waals surface area contributed by atoms with Gasteiger partial charge >= 0.3 is 0 Å². The zero-order valence-electron chi connectivity index (χ0n) is 10.9. The minimum Gasteiger partial charge on any atom is -0.352 e. The Bertz CT molecular complexity index is 444. The summed E-state index contributed by atoms with van der Waals surface area (Å²) in [7, 11) is 0. The average Bonchev–Trinajstić information content (AvgIpc) is 2.90. The molecule has 0 unspecified atom stereocenters. The van der Waals surface area contributed by atoms with Crippen LogP contribution in [0.2, 0.25) is 0 Å². The summed E-state index contributed by atoms with van der Waals surface area (Å²) in [6.45, 7) is 0.785. The molecule has 1 amide bonds. The Morgan fingerprint density at radius 2 is 2.11 bits per heavy atom. The van der Waals surface area contributed by atoms with Crippen LogP contribution in [0, 0.1) is 9.49 Å². The summed E-state index contributed by atoms with van der Waals surface area (Å²) in [6, 6.07) is 5.83. The van der Waals surface area contributed by atoms with Crippen molar-refractivity contribution in [3.63, 3.8) is 0 Å². The molecule has 1 aromatic rings. The lowest BCUT2D eigenvalue weighted by Crippen LogP contribution is -2.25. The van der Waals surface area contributed by atoms with Crippen molar-refractivity contribution in [1.82, 2.24) is 5.32 Å². The lowest BCUT2D eigenvalue weighted by molar-refractivity contribution is 0.0951. The highest BCUT2D eigenvalue weighted by Gasteiger charge is 2.14. The molecule has 1 aromatic carbocycles. The molecule has 0 aliphatic heterocycles. The molecule has 1 saturated carbocycles. The van der Waals surface area contributed by atoms with Gasteiger partial charge in [-0.3, -0.25) is 4.79 Å². The first-order valence-electron chi connectivity index (χ1n) is 6.90. The Labute approximate surface area is 137 Å². The molecule has 0 aromatic heterocycles. The zero-order valence-corrected chi connectivity index (χ0v) is 14.7.